The van der Waals surface area contributed by atoms with E-state index in [0.717, 1.165) is 18.7 Å². The number of rotatable bonds is 3. The maximum absolute atomic E-state index is 13.1. The second kappa shape index (κ2) is 10.4. The molecule has 3 rings (SSSR count). The molecule has 1 saturated heterocycles. The first-order valence-electron chi connectivity index (χ1n) is 8.70. The fraction of sp³-hybridized carbons (Fsp3) is 0.350. The largest absolute Gasteiger partial charge is 0.378 e. The van der Waals surface area contributed by atoms with Crippen LogP contribution in [-0.4, -0.2) is 34.4 Å². The number of nitrogens with zero attached hydrogens (tertiary/aromatic N) is 1. The highest BCUT2D eigenvalue weighted by Gasteiger charge is 2.29. The van der Waals surface area contributed by atoms with Gasteiger partial charge in [0.25, 0.3) is 9.70 Å². The molecule has 1 aliphatic rings. The Hall–Kier alpha value is -1.37. The predicted octanol–water partition coefficient (Wildman–Crippen LogP) is 4.80. The average Bonchev–Trinajstić information content (AvgIpc) is 2.68. The first-order valence-corrected chi connectivity index (χ1v) is 9.84. The lowest BCUT2D eigenvalue weighted by molar-refractivity contribution is -0.117. The first-order chi connectivity index (χ1) is 13.2. The summed E-state index contributed by atoms with van der Waals surface area (Å²) in [4.78, 5) is 12.3. The Balaban J connectivity index is 0.000000345. The minimum absolute atomic E-state index is 0.176. The minimum Gasteiger partial charge on any atom is -0.378 e. The number of amides is 1. The molecule has 1 heterocycles. The number of alkyl halides is 3. The Morgan fingerprint density at radius 3 is 2.29 bits per heavy atom. The van der Waals surface area contributed by atoms with Crippen molar-refractivity contribution >= 4 is 40.7 Å². The fourth-order valence-electron chi connectivity index (χ4n) is 2.98. The Morgan fingerprint density at radius 2 is 1.75 bits per heavy atom. The van der Waals surface area contributed by atoms with E-state index in [4.69, 9.17) is 39.5 Å². The van der Waals surface area contributed by atoms with E-state index in [2.05, 4.69) is 41.8 Å². The second-order valence-corrected chi connectivity index (χ2v) is 8.61. The summed E-state index contributed by atoms with van der Waals surface area (Å²) in [7, 11) is 0. The topological polar surface area (TPSA) is 55.6 Å². The van der Waals surface area contributed by atoms with Crippen LogP contribution in [0.3, 0.4) is 0 Å². The normalized spacial score (nSPS) is 18.7. The Kier molecular flexibility index (Phi) is 8.53. The number of halogens is 4. The number of morpholine rings is 1. The third kappa shape index (κ3) is 6.61. The van der Waals surface area contributed by atoms with Gasteiger partial charge >= 0.3 is 0 Å². The van der Waals surface area contributed by atoms with E-state index in [0.29, 0.717) is 12.6 Å². The van der Waals surface area contributed by atoms with E-state index >= 15 is 0 Å². The van der Waals surface area contributed by atoms with E-state index in [1.165, 1.54) is 17.7 Å². The molecule has 1 fully saturated rings. The number of carbonyl (C=O) groups is 1. The fourth-order valence-corrected chi connectivity index (χ4v) is 2.98. The number of benzene rings is 2. The summed E-state index contributed by atoms with van der Waals surface area (Å²) in [6.07, 6.45) is 0. The predicted molar refractivity (Wildman–Crippen MR) is 111 cm³/mol. The molecule has 152 valence electrons. The van der Waals surface area contributed by atoms with E-state index in [9.17, 15) is 9.18 Å². The standard InChI is InChI=1S/C18H20FNO.C2H2Cl3NO/c1-14(15-5-3-2-4-6-15)20-11-12-21-13-18(20)16-7-9-17(19)10-8-16;3-2(4,5)1(6)7/h2-10,14,18H,11-13H2,1H3;(H2,6,7)/t14-,18?;/m1./s1. The number of primary amides is 1. The molecule has 0 saturated carbocycles. The Labute approximate surface area is 179 Å². The lowest BCUT2D eigenvalue weighted by Gasteiger charge is -2.40. The molecule has 0 aromatic heterocycles. The van der Waals surface area contributed by atoms with Crippen molar-refractivity contribution in [2.75, 3.05) is 19.8 Å². The first kappa shape index (κ1) is 22.9. The van der Waals surface area contributed by atoms with Crippen molar-refractivity contribution in [1.82, 2.24) is 4.90 Å². The van der Waals surface area contributed by atoms with E-state index in [1.54, 1.807) is 0 Å². The summed E-state index contributed by atoms with van der Waals surface area (Å²) in [5.41, 5.74) is 6.94. The molecule has 1 aliphatic heterocycles. The smallest absolute Gasteiger partial charge is 0.269 e. The number of nitrogens with two attached hydrogens (primary N) is 1. The summed E-state index contributed by atoms with van der Waals surface area (Å²) in [6, 6.07) is 17.7. The van der Waals surface area contributed by atoms with Crippen LogP contribution in [0.1, 0.15) is 30.1 Å². The summed E-state index contributed by atoms with van der Waals surface area (Å²) < 4.78 is 16.8. The van der Waals surface area contributed by atoms with Crippen LogP contribution in [0.15, 0.2) is 54.6 Å². The van der Waals surface area contributed by atoms with Crippen LogP contribution in [0.2, 0.25) is 0 Å². The summed E-state index contributed by atoms with van der Waals surface area (Å²) >= 11 is 14.8. The number of carbonyl (C=O) groups excluding carboxylic acids is 1. The zero-order valence-corrected chi connectivity index (χ0v) is 17.6. The zero-order valence-electron chi connectivity index (χ0n) is 15.3. The second-order valence-electron chi connectivity index (χ2n) is 6.33. The highest BCUT2D eigenvalue weighted by atomic mass is 35.6. The molecule has 0 spiro atoms. The van der Waals surface area contributed by atoms with Crippen LogP contribution in [-0.2, 0) is 9.53 Å². The van der Waals surface area contributed by atoms with E-state index in [-0.39, 0.29) is 11.9 Å². The van der Waals surface area contributed by atoms with Gasteiger partial charge in [0.1, 0.15) is 5.82 Å². The van der Waals surface area contributed by atoms with Crippen molar-refractivity contribution in [3.05, 3.63) is 71.5 Å². The lowest BCUT2D eigenvalue weighted by Crippen LogP contribution is -2.41. The molecule has 1 amide bonds. The van der Waals surface area contributed by atoms with Crippen LogP contribution in [0.5, 0.6) is 0 Å². The van der Waals surface area contributed by atoms with Gasteiger partial charge in [-0.05, 0) is 30.2 Å². The van der Waals surface area contributed by atoms with Crippen LogP contribution in [0.25, 0.3) is 0 Å². The van der Waals surface area contributed by atoms with Crippen molar-refractivity contribution < 1.29 is 13.9 Å². The summed E-state index contributed by atoms with van der Waals surface area (Å²) in [5, 5.41) is 0. The Bertz CT molecular complexity index is 754. The minimum atomic E-state index is -1.94. The molecule has 2 aromatic rings. The third-order valence-electron chi connectivity index (χ3n) is 4.48. The van der Waals surface area contributed by atoms with Gasteiger partial charge < -0.3 is 10.5 Å². The van der Waals surface area contributed by atoms with Crippen LogP contribution < -0.4 is 5.73 Å². The van der Waals surface area contributed by atoms with Gasteiger partial charge in [-0.3, -0.25) is 9.69 Å². The number of hydrogen-bond acceptors (Lipinski definition) is 3. The molecule has 28 heavy (non-hydrogen) atoms. The van der Waals surface area contributed by atoms with Gasteiger partial charge in [-0.25, -0.2) is 4.39 Å². The zero-order chi connectivity index (χ0) is 20.7. The van der Waals surface area contributed by atoms with Crippen molar-refractivity contribution in [2.45, 2.75) is 22.8 Å². The Morgan fingerprint density at radius 1 is 1.18 bits per heavy atom. The molecular weight excluding hydrogens is 426 g/mol. The van der Waals surface area contributed by atoms with Gasteiger partial charge in [0.05, 0.1) is 19.3 Å². The van der Waals surface area contributed by atoms with Gasteiger partial charge in [0.2, 0.25) is 0 Å². The highest BCUT2D eigenvalue weighted by molar-refractivity contribution is 6.76. The SMILES string of the molecule is C[C@H](c1ccccc1)N1CCOCC1c1ccc(F)cc1.NC(=O)C(Cl)(Cl)Cl. The highest BCUT2D eigenvalue weighted by Crippen LogP contribution is 2.32. The number of hydrogen-bond donors (Lipinski definition) is 1. The molecule has 0 aliphatic carbocycles. The van der Waals surface area contributed by atoms with Gasteiger partial charge in [-0.2, -0.15) is 0 Å². The molecule has 0 bridgehead atoms. The molecule has 0 radical (unpaired) electrons. The molecule has 4 nitrogen and oxygen atoms in total. The van der Waals surface area contributed by atoms with Crippen LogP contribution in [0.4, 0.5) is 4.39 Å². The molecular formula is C20H22Cl3FN2O2. The monoisotopic (exact) mass is 446 g/mol. The average molecular weight is 448 g/mol. The van der Waals surface area contributed by atoms with Crippen molar-refractivity contribution in [2.24, 2.45) is 5.73 Å². The van der Waals surface area contributed by atoms with Gasteiger partial charge in [-0.15, -0.1) is 0 Å². The molecule has 8 heteroatoms. The lowest BCUT2D eigenvalue weighted by atomic mass is 9.99. The van der Waals surface area contributed by atoms with Crippen molar-refractivity contribution in [3.8, 4) is 0 Å². The van der Waals surface area contributed by atoms with Gasteiger partial charge in [0.15, 0.2) is 0 Å². The van der Waals surface area contributed by atoms with Crippen molar-refractivity contribution in [3.63, 3.8) is 0 Å². The van der Waals surface area contributed by atoms with E-state index in [1.807, 2.05) is 18.2 Å². The van der Waals surface area contributed by atoms with Crippen LogP contribution in [0, 0.1) is 5.82 Å². The number of ether oxygens (including phenoxy) is 1. The summed E-state index contributed by atoms with van der Waals surface area (Å²) in [6.45, 7) is 4.51. The molecule has 1 unspecified atom stereocenters. The molecule has 2 N–H and O–H groups in total. The van der Waals surface area contributed by atoms with Crippen LogP contribution >= 0.6 is 34.8 Å². The molecule has 2 atom stereocenters. The van der Waals surface area contributed by atoms with Crippen molar-refractivity contribution in [1.29, 1.82) is 0 Å². The quantitative estimate of drug-likeness (QED) is 0.688. The maximum Gasteiger partial charge on any atom is 0.269 e. The third-order valence-corrected chi connectivity index (χ3v) is 5.04. The van der Waals surface area contributed by atoms with Gasteiger partial charge in [-0.1, -0.05) is 77.3 Å². The molecule has 2 aromatic carbocycles. The van der Waals surface area contributed by atoms with E-state index < -0.39 is 9.70 Å². The summed E-state index contributed by atoms with van der Waals surface area (Å²) in [5.74, 6) is -1.16. The maximum atomic E-state index is 13.1. The van der Waals surface area contributed by atoms with Gasteiger partial charge in [0, 0.05) is 12.6 Å².